The Morgan fingerprint density at radius 2 is 1.73 bits per heavy atom. The van der Waals surface area contributed by atoms with Gasteiger partial charge in [-0.2, -0.15) is 0 Å². The largest absolute Gasteiger partial charge is 0.454 e. The van der Waals surface area contributed by atoms with Crippen LogP contribution in [-0.2, 0) is 21.2 Å². The van der Waals surface area contributed by atoms with E-state index in [0.29, 0.717) is 29.8 Å². The third-order valence-electron chi connectivity index (χ3n) is 4.28. The second-order valence-electron chi connectivity index (χ2n) is 6.29. The number of rotatable bonds is 5. The molecule has 1 aliphatic rings. The van der Waals surface area contributed by atoms with Gasteiger partial charge in [0, 0.05) is 12.1 Å². The number of carbonyl (C=O) groups excluding carboxylic acids is 2. The molecule has 1 aliphatic heterocycles. The predicted octanol–water partition coefficient (Wildman–Crippen LogP) is 2.36. The first-order chi connectivity index (χ1) is 12.3. The highest BCUT2D eigenvalue weighted by atomic mass is 32.2. The van der Waals surface area contributed by atoms with Crippen LogP contribution in [0.25, 0.3) is 0 Å². The van der Waals surface area contributed by atoms with Gasteiger partial charge < -0.3 is 4.74 Å². The number of ketones is 1. The Hall–Kier alpha value is -2.67. The van der Waals surface area contributed by atoms with Crippen molar-refractivity contribution in [1.82, 2.24) is 0 Å². The lowest BCUT2D eigenvalue weighted by Gasteiger charge is -2.16. The lowest BCUT2D eigenvalue weighted by Crippen LogP contribution is -2.27. The molecule has 0 saturated carbocycles. The number of ether oxygens (including phenoxy) is 1. The van der Waals surface area contributed by atoms with Crippen molar-refractivity contribution in [2.24, 2.45) is 0 Å². The highest BCUT2D eigenvalue weighted by molar-refractivity contribution is 7.92. The van der Waals surface area contributed by atoms with Crippen molar-refractivity contribution in [3.05, 3.63) is 64.7 Å². The van der Waals surface area contributed by atoms with Crippen LogP contribution in [0.5, 0.6) is 0 Å². The van der Waals surface area contributed by atoms with Crippen molar-refractivity contribution in [3.8, 4) is 0 Å². The van der Waals surface area contributed by atoms with Gasteiger partial charge in [-0.15, -0.1) is 0 Å². The highest BCUT2D eigenvalue weighted by Gasteiger charge is 2.26. The van der Waals surface area contributed by atoms with Crippen molar-refractivity contribution in [2.45, 2.75) is 13.3 Å². The minimum Gasteiger partial charge on any atom is -0.454 e. The van der Waals surface area contributed by atoms with Crippen LogP contribution in [0.2, 0.25) is 0 Å². The van der Waals surface area contributed by atoms with Crippen molar-refractivity contribution in [3.63, 3.8) is 0 Å². The molecule has 3 rings (SSSR count). The number of nitrogens with zero attached hydrogens (tertiary/aromatic N) is 1. The second-order valence-corrected chi connectivity index (χ2v) is 8.20. The summed E-state index contributed by atoms with van der Waals surface area (Å²) >= 11 is 0. The van der Waals surface area contributed by atoms with Crippen LogP contribution in [0.4, 0.5) is 5.69 Å². The fourth-order valence-electron chi connectivity index (χ4n) is 2.88. The molecule has 0 fully saturated rings. The van der Waals surface area contributed by atoms with E-state index in [9.17, 15) is 18.0 Å². The van der Waals surface area contributed by atoms with Gasteiger partial charge in [-0.05, 0) is 49.2 Å². The van der Waals surface area contributed by atoms with Crippen LogP contribution in [0.3, 0.4) is 0 Å². The summed E-state index contributed by atoms with van der Waals surface area (Å²) in [5, 5.41) is 0. The normalized spacial score (nSPS) is 13.4. The van der Waals surface area contributed by atoms with Gasteiger partial charge in [0.2, 0.25) is 10.0 Å². The van der Waals surface area contributed by atoms with Gasteiger partial charge in [0.25, 0.3) is 0 Å². The molecular weight excluding hydrogens is 354 g/mol. The van der Waals surface area contributed by atoms with Crippen molar-refractivity contribution >= 4 is 27.5 Å². The van der Waals surface area contributed by atoms with Crippen molar-refractivity contribution in [2.75, 3.05) is 23.7 Å². The van der Waals surface area contributed by atoms with Crippen LogP contribution >= 0.6 is 0 Å². The molecule has 0 N–H and O–H groups in total. The third-order valence-corrected chi connectivity index (χ3v) is 5.46. The zero-order chi connectivity index (χ0) is 18.9. The molecule has 0 amide bonds. The van der Waals surface area contributed by atoms with Crippen LogP contribution in [0.1, 0.15) is 31.8 Å². The summed E-state index contributed by atoms with van der Waals surface area (Å²) in [5.41, 5.74) is 3.21. The first-order valence-electron chi connectivity index (χ1n) is 8.13. The maximum absolute atomic E-state index is 12.3. The molecule has 0 atom stereocenters. The van der Waals surface area contributed by atoms with Crippen LogP contribution < -0.4 is 4.31 Å². The molecule has 0 radical (unpaired) electrons. The average Bonchev–Trinajstić information content (AvgIpc) is 3.03. The number of anilines is 1. The molecular formula is C19H19NO5S. The lowest BCUT2D eigenvalue weighted by molar-refractivity contribution is 0.0474. The molecule has 6 nitrogen and oxygen atoms in total. The Labute approximate surface area is 152 Å². The molecule has 2 aromatic carbocycles. The van der Waals surface area contributed by atoms with Crippen molar-refractivity contribution in [1.29, 1.82) is 0 Å². The topological polar surface area (TPSA) is 80.8 Å². The maximum Gasteiger partial charge on any atom is 0.338 e. The number of fused-ring (bicyclic) bond motifs is 1. The number of hydrogen-bond donors (Lipinski definition) is 0. The number of carbonyl (C=O) groups is 2. The first kappa shape index (κ1) is 18.1. The van der Waals surface area contributed by atoms with E-state index < -0.39 is 16.0 Å². The van der Waals surface area contributed by atoms with Gasteiger partial charge >= 0.3 is 5.97 Å². The summed E-state index contributed by atoms with van der Waals surface area (Å²) in [4.78, 5) is 24.3. The van der Waals surface area contributed by atoms with E-state index in [2.05, 4.69) is 0 Å². The summed E-state index contributed by atoms with van der Waals surface area (Å²) in [5.74, 6) is -0.881. The predicted molar refractivity (Wildman–Crippen MR) is 98.1 cm³/mol. The SMILES string of the molecule is Cc1ccc(C(=O)OCC(=O)c2ccc3c(c2)CCN3S(C)(=O)=O)cc1. The van der Waals surface area contributed by atoms with Gasteiger partial charge in [0.1, 0.15) is 0 Å². The van der Waals surface area contributed by atoms with E-state index in [1.165, 1.54) is 4.31 Å². The quantitative estimate of drug-likeness (QED) is 0.594. The highest BCUT2D eigenvalue weighted by Crippen LogP contribution is 2.30. The van der Waals surface area contributed by atoms with E-state index in [-0.39, 0.29) is 12.4 Å². The Kier molecular flexibility index (Phi) is 4.82. The Morgan fingerprint density at radius 3 is 2.38 bits per heavy atom. The molecule has 0 aromatic heterocycles. The minimum atomic E-state index is -3.33. The van der Waals surface area contributed by atoms with E-state index in [0.717, 1.165) is 17.4 Å². The number of esters is 1. The van der Waals surface area contributed by atoms with Crippen LogP contribution in [0, 0.1) is 6.92 Å². The third kappa shape index (κ3) is 3.77. The molecule has 1 heterocycles. The zero-order valence-electron chi connectivity index (χ0n) is 14.6. The van der Waals surface area contributed by atoms with Gasteiger partial charge in [-0.3, -0.25) is 9.10 Å². The lowest BCUT2D eigenvalue weighted by atomic mass is 10.1. The number of benzene rings is 2. The molecule has 26 heavy (non-hydrogen) atoms. The second kappa shape index (κ2) is 6.92. The van der Waals surface area contributed by atoms with Gasteiger partial charge in [0.05, 0.1) is 17.5 Å². The van der Waals surface area contributed by atoms with Gasteiger partial charge in [-0.1, -0.05) is 17.7 Å². The van der Waals surface area contributed by atoms with E-state index in [1.54, 1.807) is 42.5 Å². The molecule has 136 valence electrons. The maximum atomic E-state index is 12.3. The molecule has 0 unspecified atom stereocenters. The summed E-state index contributed by atoms with van der Waals surface area (Å²) in [7, 11) is -3.33. The number of hydrogen-bond acceptors (Lipinski definition) is 5. The molecule has 2 aromatic rings. The fourth-order valence-corrected chi connectivity index (χ4v) is 3.84. The Morgan fingerprint density at radius 1 is 1.08 bits per heavy atom. The fraction of sp³-hybridized carbons (Fsp3) is 0.263. The van der Waals surface area contributed by atoms with E-state index >= 15 is 0 Å². The Balaban J connectivity index is 1.68. The van der Waals surface area contributed by atoms with Gasteiger partial charge in [-0.25, -0.2) is 13.2 Å². The average molecular weight is 373 g/mol. The smallest absolute Gasteiger partial charge is 0.338 e. The number of Topliss-reactive ketones (excluding diaryl/α,β-unsaturated/α-hetero) is 1. The minimum absolute atomic E-state index is 0.328. The van der Waals surface area contributed by atoms with Gasteiger partial charge in [0.15, 0.2) is 12.4 Å². The number of aryl methyl sites for hydroxylation is 1. The standard InChI is InChI=1S/C19H19NO5S/c1-13-3-5-14(6-4-13)19(22)25-12-18(21)16-7-8-17-15(11-16)9-10-20(17)26(2,23)24/h3-8,11H,9-10,12H2,1-2H3. The summed E-state index contributed by atoms with van der Waals surface area (Å²) in [6.07, 6.45) is 1.71. The molecule has 0 saturated heterocycles. The van der Waals surface area contributed by atoms with Crippen LogP contribution in [-0.4, -0.2) is 39.6 Å². The molecule has 0 aliphatic carbocycles. The summed E-state index contributed by atoms with van der Waals surface area (Å²) in [6.45, 7) is 1.92. The summed E-state index contributed by atoms with van der Waals surface area (Å²) < 4.78 is 29.9. The molecule has 0 spiro atoms. The molecule has 7 heteroatoms. The van der Waals surface area contributed by atoms with E-state index in [4.69, 9.17) is 4.74 Å². The van der Waals surface area contributed by atoms with Crippen molar-refractivity contribution < 1.29 is 22.7 Å². The molecule has 0 bridgehead atoms. The first-order valence-corrected chi connectivity index (χ1v) is 9.98. The Bertz CT molecular complexity index is 964. The van der Waals surface area contributed by atoms with Crippen LogP contribution in [0.15, 0.2) is 42.5 Å². The monoisotopic (exact) mass is 373 g/mol. The zero-order valence-corrected chi connectivity index (χ0v) is 15.4. The number of sulfonamides is 1. The van der Waals surface area contributed by atoms with E-state index in [1.807, 2.05) is 6.92 Å². The summed E-state index contributed by atoms with van der Waals surface area (Å²) in [6, 6.07) is 11.7.